The van der Waals surface area contributed by atoms with Crippen LogP contribution in [0.1, 0.15) is 24.0 Å². The van der Waals surface area contributed by atoms with Gasteiger partial charge in [-0.05, 0) is 83.8 Å². The number of hydrogen-bond donors (Lipinski definition) is 2. The molecule has 158 valence electrons. The topological polar surface area (TPSA) is 33.3 Å². The average Bonchev–Trinajstić information content (AvgIpc) is 2.83. The lowest BCUT2D eigenvalue weighted by Gasteiger charge is -2.22. The molecule has 2 aliphatic rings. The molecule has 0 radical (unpaired) electrons. The van der Waals surface area contributed by atoms with E-state index < -0.39 is 0 Å². The van der Waals surface area contributed by atoms with Crippen molar-refractivity contribution in [3.8, 4) is 0 Å². The van der Waals surface area contributed by atoms with E-state index in [1.54, 1.807) is 11.9 Å². The summed E-state index contributed by atoms with van der Waals surface area (Å²) in [6.45, 7) is 7.21. The van der Waals surface area contributed by atoms with Crippen molar-refractivity contribution in [3.63, 3.8) is 0 Å². The van der Waals surface area contributed by atoms with Crippen molar-refractivity contribution in [1.82, 2.24) is 4.72 Å². The van der Waals surface area contributed by atoms with E-state index in [9.17, 15) is 0 Å². The molecule has 2 N–H and O–H groups in total. The third-order valence-corrected chi connectivity index (χ3v) is 7.78. The zero-order valence-electron chi connectivity index (χ0n) is 17.4. The van der Waals surface area contributed by atoms with Gasteiger partial charge in [0.1, 0.15) is 0 Å². The normalized spacial score (nSPS) is 15.6. The SMILES string of the molecule is C=C(c1ccc(SNCC2CCOCC2)cc1)c1ccc2c(c1)Nc1ccccc1S2. The first-order valence-corrected chi connectivity index (χ1v) is 12.3. The van der Waals surface area contributed by atoms with Crippen LogP contribution < -0.4 is 10.0 Å². The van der Waals surface area contributed by atoms with E-state index in [1.807, 2.05) is 11.8 Å². The molecule has 31 heavy (non-hydrogen) atoms. The summed E-state index contributed by atoms with van der Waals surface area (Å²) in [6.07, 6.45) is 2.32. The Kier molecular flexibility index (Phi) is 6.37. The van der Waals surface area contributed by atoms with Gasteiger partial charge in [-0.2, -0.15) is 0 Å². The molecule has 2 aliphatic heterocycles. The highest BCUT2D eigenvalue weighted by molar-refractivity contribution is 7.99. The van der Waals surface area contributed by atoms with Crippen molar-refractivity contribution in [2.24, 2.45) is 5.92 Å². The molecule has 0 amide bonds. The van der Waals surface area contributed by atoms with E-state index >= 15 is 0 Å². The number of rotatable bonds is 6. The van der Waals surface area contributed by atoms with Crippen molar-refractivity contribution in [1.29, 1.82) is 0 Å². The Hall–Kier alpha value is -2.18. The minimum absolute atomic E-state index is 0.725. The fourth-order valence-electron chi connectivity index (χ4n) is 3.91. The maximum atomic E-state index is 5.43. The quantitative estimate of drug-likeness (QED) is 0.312. The highest BCUT2D eigenvalue weighted by atomic mass is 32.2. The number of fused-ring (bicyclic) bond motifs is 2. The molecule has 0 atom stereocenters. The Morgan fingerprint density at radius 1 is 0.968 bits per heavy atom. The first-order chi connectivity index (χ1) is 15.3. The van der Waals surface area contributed by atoms with Gasteiger partial charge in [0.2, 0.25) is 0 Å². The zero-order chi connectivity index (χ0) is 21.0. The molecule has 1 fully saturated rings. The van der Waals surface area contributed by atoms with E-state index in [-0.39, 0.29) is 0 Å². The van der Waals surface area contributed by atoms with Gasteiger partial charge in [0.15, 0.2) is 0 Å². The number of benzene rings is 3. The third kappa shape index (κ3) is 4.85. The molecule has 0 aromatic heterocycles. The number of anilines is 2. The molecule has 3 aromatic carbocycles. The van der Waals surface area contributed by atoms with Gasteiger partial charge in [-0.3, -0.25) is 4.72 Å². The number of nitrogens with one attached hydrogen (secondary N) is 2. The predicted molar refractivity (Wildman–Crippen MR) is 132 cm³/mol. The van der Waals surface area contributed by atoms with Gasteiger partial charge < -0.3 is 10.1 Å². The minimum Gasteiger partial charge on any atom is -0.381 e. The fourth-order valence-corrected chi connectivity index (χ4v) is 5.64. The Balaban J connectivity index is 1.22. The summed E-state index contributed by atoms with van der Waals surface area (Å²) in [6, 6.07) is 23.7. The lowest BCUT2D eigenvalue weighted by molar-refractivity contribution is 0.0680. The van der Waals surface area contributed by atoms with Crippen molar-refractivity contribution in [2.75, 3.05) is 25.1 Å². The highest BCUT2D eigenvalue weighted by Crippen LogP contribution is 2.44. The van der Waals surface area contributed by atoms with Gasteiger partial charge in [-0.25, -0.2) is 0 Å². The second-order valence-corrected chi connectivity index (χ2v) is 9.99. The van der Waals surface area contributed by atoms with Crippen molar-refractivity contribution < 1.29 is 4.74 Å². The van der Waals surface area contributed by atoms with Crippen LogP contribution in [-0.2, 0) is 4.74 Å². The van der Waals surface area contributed by atoms with E-state index in [0.717, 1.165) is 66.6 Å². The molecule has 0 unspecified atom stereocenters. The lowest BCUT2D eigenvalue weighted by Crippen LogP contribution is -2.24. The molecule has 5 rings (SSSR count). The van der Waals surface area contributed by atoms with Gasteiger partial charge in [0, 0.05) is 34.4 Å². The van der Waals surface area contributed by atoms with Crippen LogP contribution in [0.25, 0.3) is 5.57 Å². The highest BCUT2D eigenvalue weighted by Gasteiger charge is 2.16. The molecular weight excluding hydrogens is 420 g/mol. The van der Waals surface area contributed by atoms with Gasteiger partial charge >= 0.3 is 0 Å². The maximum Gasteiger partial charge on any atom is 0.0532 e. The Morgan fingerprint density at radius 2 is 1.71 bits per heavy atom. The van der Waals surface area contributed by atoms with Crippen molar-refractivity contribution >= 4 is 40.7 Å². The summed E-state index contributed by atoms with van der Waals surface area (Å²) >= 11 is 3.52. The molecule has 5 heteroatoms. The van der Waals surface area contributed by atoms with Gasteiger partial charge in [-0.1, -0.05) is 48.7 Å². The van der Waals surface area contributed by atoms with Gasteiger partial charge in [0.25, 0.3) is 0 Å². The summed E-state index contributed by atoms with van der Waals surface area (Å²) in [5.41, 5.74) is 5.64. The molecule has 0 bridgehead atoms. The average molecular weight is 447 g/mol. The standard InChI is InChI=1S/C26H26N2OS2/c1-18(20-6-9-22(10-7-20)31-27-17-19-12-14-29-15-13-19)21-8-11-26-24(16-21)28-23-4-2-3-5-25(23)30-26/h2-11,16,19,27-28H,1,12-15,17H2. The Labute approximate surface area is 192 Å². The Bertz CT molecular complexity index is 1080. The largest absolute Gasteiger partial charge is 0.381 e. The molecule has 0 spiro atoms. The van der Waals surface area contributed by atoms with Crippen LogP contribution in [-0.4, -0.2) is 19.8 Å². The van der Waals surface area contributed by atoms with E-state index in [4.69, 9.17) is 4.74 Å². The molecule has 3 nitrogen and oxygen atoms in total. The first-order valence-electron chi connectivity index (χ1n) is 10.7. The number of hydrogen-bond acceptors (Lipinski definition) is 5. The minimum atomic E-state index is 0.725. The first kappa shape index (κ1) is 20.7. The maximum absolute atomic E-state index is 5.43. The predicted octanol–water partition coefficient (Wildman–Crippen LogP) is 6.98. The van der Waals surface area contributed by atoms with Crippen LogP contribution in [0.15, 0.2) is 88.0 Å². The Morgan fingerprint density at radius 3 is 2.55 bits per heavy atom. The zero-order valence-corrected chi connectivity index (χ0v) is 19.0. The summed E-state index contributed by atoms with van der Waals surface area (Å²) in [5, 5.41) is 3.57. The molecule has 0 saturated carbocycles. The van der Waals surface area contributed by atoms with E-state index in [2.05, 4.69) is 83.3 Å². The van der Waals surface area contributed by atoms with Crippen LogP contribution in [0.2, 0.25) is 0 Å². The van der Waals surface area contributed by atoms with Gasteiger partial charge in [0.05, 0.1) is 11.4 Å². The molecule has 0 aliphatic carbocycles. The van der Waals surface area contributed by atoms with Crippen molar-refractivity contribution in [2.45, 2.75) is 27.5 Å². The lowest BCUT2D eigenvalue weighted by atomic mass is 9.99. The number of para-hydroxylation sites is 1. The molecule has 3 aromatic rings. The van der Waals surface area contributed by atoms with Gasteiger partial charge in [-0.15, -0.1) is 0 Å². The van der Waals surface area contributed by atoms with Crippen molar-refractivity contribution in [3.05, 3.63) is 84.4 Å². The van der Waals surface area contributed by atoms with Crippen LogP contribution in [0.3, 0.4) is 0 Å². The molecule has 1 saturated heterocycles. The van der Waals surface area contributed by atoms with E-state index in [0.29, 0.717) is 0 Å². The monoisotopic (exact) mass is 446 g/mol. The van der Waals surface area contributed by atoms with Crippen LogP contribution in [0, 0.1) is 5.92 Å². The van der Waals surface area contributed by atoms with Crippen LogP contribution >= 0.6 is 23.7 Å². The van der Waals surface area contributed by atoms with Crippen LogP contribution in [0.5, 0.6) is 0 Å². The van der Waals surface area contributed by atoms with E-state index in [1.165, 1.54) is 14.7 Å². The van der Waals surface area contributed by atoms with Crippen LogP contribution in [0.4, 0.5) is 11.4 Å². The number of ether oxygens (including phenoxy) is 1. The molecular formula is C26H26N2OS2. The smallest absolute Gasteiger partial charge is 0.0532 e. The second-order valence-electron chi connectivity index (χ2n) is 7.94. The summed E-state index contributed by atoms with van der Waals surface area (Å²) in [4.78, 5) is 3.74. The molecule has 2 heterocycles. The third-order valence-electron chi connectivity index (χ3n) is 5.81. The summed E-state index contributed by atoms with van der Waals surface area (Å²) < 4.78 is 8.96. The summed E-state index contributed by atoms with van der Waals surface area (Å²) in [7, 11) is 0. The fraction of sp³-hybridized carbons (Fsp3) is 0.231. The summed E-state index contributed by atoms with van der Waals surface area (Å²) in [5.74, 6) is 0.725. The second kappa shape index (κ2) is 9.53.